The average Bonchev–Trinajstić information content (AvgIpc) is 2.63. The Morgan fingerprint density at radius 1 is 0.733 bits per heavy atom. The predicted octanol–water partition coefficient (Wildman–Crippen LogP) is -3.84. The van der Waals surface area contributed by atoms with Crippen molar-refractivity contribution in [3.63, 3.8) is 0 Å². The Hall–Kier alpha value is -1.51. The molecule has 0 aromatic carbocycles. The van der Waals surface area contributed by atoms with E-state index in [0.29, 0.717) is 0 Å². The normalized spacial score (nSPS) is 12.1. The summed E-state index contributed by atoms with van der Waals surface area (Å²) in [6.45, 7) is -1.66. The molecule has 18 heteroatoms. The Morgan fingerprint density at radius 2 is 1.10 bits per heavy atom. The van der Waals surface area contributed by atoms with Gasteiger partial charge in [-0.25, -0.2) is 0 Å². The third-order valence-corrected chi connectivity index (χ3v) is 7.59. The van der Waals surface area contributed by atoms with Gasteiger partial charge in [0.15, 0.2) is 0 Å². The molecule has 0 aliphatic heterocycles. The molecular formula is C12H24N4O11P2S. The topological polar surface area (TPSA) is 252 Å². The van der Waals surface area contributed by atoms with Gasteiger partial charge in [-0.15, -0.1) is 0 Å². The molecule has 0 saturated carbocycles. The van der Waals surface area contributed by atoms with E-state index in [4.69, 9.17) is 19.6 Å². The van der Waals surface area contributed by atoms with Gasteiger partial charge in [0.2, 0.25) is 23.6 Å². The van der Waals surface area contributed by atoms with E-state index in [1.165, 1.54) is 0 Å². The standard InChI is InChI=1S/C12H24N4O11P2S/c17-8(4-14-9(18)5-15-10(19)6-16-11(20)7-30)13-3-1-2-12(21,28(22,23)24)29(25,26)27/h21,30H,1-7H2,(H,13,17)(H,14,18)(H,15,19)(H,16,20)(H2,22,23,24)(H2,25,26,27). The summed E-state index contributed by atoms with van der Waals surface area (Å²) in [6, 6.07) is 0. The Kier molecular flexibility index (Phi) is 11.7. The Bertz CT molecular complexity index is 716. The van der Waals surface area contributed by atoms with Gasteiger partial charge >= 0.3 is 15.2 Å². The first kappa shape index (κ1) is 28.5. The maximum atomic E-state index is 11.6. The number of amides is 4. The van der Waals surface area contributed by atoms with E-state index in [0.717, 1.165) is 0 Å². The number of hydrogen-bond donors (Lipinski definition) is 10. The van der Waals surface area contributed by atoms with Gasteiger partial charge in [-0.3, -0.25) is 28.3 Å². The minimum absolute atomic E-state index is 0.110. The number of aliphatic hydroxyl groups is 1. The van der Waals surface area contributed by atoms with Crippen LogP contribution in [0.2, 0.25) is 0 Å². The van der Waals surface area contributed by atoms with Crippen molar-refractivity contribution in [3.8, 4) is 0 Å². The van der Waals surface area contributed by atoms with Crippen LogP contribution in [0.4, 0.5) is 0 Å². The average molecular weight is 494 g/mol. The van der Waals surface area contributed by atoms with Crippen LogP contribution in [0, 0.1) is 0 Å². The van der Waals surface area contributed by atoms with Crippen LogP contribution in [0.5, 0.6) is 0 Å². The number of nitrogens with one attached hydrogen (secondary N) is 4. The Balaban J connectivity index is 4.20. The van der Waals surface area contributed by atoms with Crippen molar-refractivity contribution in [2.45, 2.75) is 17.9 Å². The fraction of sp³-hybridized carbons (Fsp3) is 0.667. The van der Waals surface area contributed by atoms with Gasteiger partial charge in [0.1, 0.15) is 0 Å². The molecule has 0 bridgehead atoms. The molecule has 0 aromatic heterocycles. The molecule has 0 fully saturated rings. The molecule has 4 amide bonds. The van der Waals surface area contributed by atoms with Crippen LogP contribution in [-0.4, -0.2) is 85.3 Å². The lowest BCUT2D eigenvalue weighted by Gasteiger charge is -2.29. The third-order valence-electron chi connectivity index (χ3n) is 3.43. The lowest BCUT2D eigenvalue weighted by atomic mass is 10.3. The van der Waals surface area contributed by atoms with E-state index in [-0.39, 0.29) is 25.3 Å². The number of carbonyl (C=O) groups is 4. The van der Waals surface area contributed by atoms with E-state index in [9.17, 15) is 33.4 Å². The highest BCUT2D eigenvalue weighted by Gasteiger charge is 2.58. The van der Waals surface area contributed by atoms with Crippen molar-refractivity contribution in [3.05, 3.63) is 0 Å². The van der Waals surface area contributed by atoms with Crippen molar-refractivity contribution in [1.29, 1.82) is 0 Å². The molecule has 0 unspecified atom stereocenters. The molecule has 174 valence electrons. The maximum Gasteiger partial charge on any atom is 0.369 e. The lowest BCUT2D eigenvalue weighted by molar-refractivity contribution is -0.128. The summed E-state index contributed by atoms with van der Waals surface area (Å²) in [5.74, 6) is -2.70. The molecule has 0 aliphatic carbocycles. The zero-order valence-electron chi connectivity index (χ0n) is 15.5. The van der Waals surface area contributed by atoms with Crippen LogP contribution in [0.25, 0.3) is 0 Å². The number of thiol groups is 1. The summed E-state index contributed by atoms with van der Waals surface area (Å²) in [5, 5.41) is 14.9. The van der Waals surface area contributed by atoms with E-state index in [1.807, 2.05) is 0 Å². The summed E-state index contributed by atoms with van der Waals surface area (Å²) in [4.78, 5) is 81.2. The first-order valence-electron chi connectivity index (χ1n) is 8.15. The summed E-state index contributed by atoms with van der Waals surface area (Å²) in [5.41, 5.74) is 0. The van der Waals surface area contributed by atoms with Crippen LogP contribution in [0.15, 0.2) is 0 Å². The van der Waals surface area contributed by atoms with Crippen LogP contribution < -0.4 is 21.3 Å². The van der Waals surface area contributed by atoms with Crippen molar-refractivity contribution < 1.29 is 53.0 Å². The molecule has 30 heavy (non-hydrogen) atoms. The molecule has 0 atom stereocenters. The Morgan fingerprint density at radius 3 is 1.47 bits per heavy atom. The zero-order chi connectivity index (χ0) is 23.6. The highest BCUT2D eigenvalue weighted by molar-refractivity contribution is 7.81. The number of carbonyl (C=O) groups excluding carboxylic acids is 4. The van der Waals surface area contributed by atoms with E-state index in [2.05, 4.69) is 33.9 Å². The molecule has 15 nitrogen and oxygen atoms in total. The number of rotatable bonds is 13. The highest BCUT2D eigenvalue weighted by atomic mass is 32.1. The molecule has 0 saturated heterocycles. The smallest absolute Gasteiger partial charge is 0.368 e. The molecule has 0 spiro atoms. The van der Waals surface area contributed by atoms with Crippen molar-refractivity contribution in [2.75, 3.05) is 31.9 Å². The predicted molar refractivity (Wildman–Crippen MR) is 104 cm³/mol. The lowest BCUT2D eigenvalue weighted by Crippen LogP contribution is -2.44. The van der Waals surface area contributed by atoms with Gasteiger partial charge in [0.25, 0.3) is 5.08 Å². The second-order valence-corrected chi connectivity index (χ2v) is 10.1. The van der Waals surface area contributed by atoms with Gasteiger partial charge in [0, 0.05) is 13.0 Å². The van der Waals surface area contributed by atoms with Gasteiger partial charge < -0.3 is 45.9 Å². The first-order valence-corrected chi connectivity index (χ1v) is 12.0. The van der Waals surface area contributed by atoms with Crippen molar-refractivity contribution in [2.24, 2.45) is 0 Å². The van der Waals surface area contributed by atoms with Crippen LogP contribution in [-0.2, 0) is 28.3 Å². The van der Waals surface area contributed by atoms with Gasteiger partial charge in [-0.05, 0) is 6.42 Å². The van der Waals surface area contributed by atoms with Crippen molar-refractivity contribution in [1.82, 2.24) is 21.3 Å². The maximum absolute atomic E-state index is 11.6. The molecule has 0 aliphatic rings. The van der Waals surface area contributed by atoms with E-state index in [1.54, 1.807) is 0 Å². The molecule has 0 rings (SSSR count). The van der Waals surface area contributed by atoms with E-state index >= 15 is 0 Å². The van der Waals surface area contributed by atoms with Crippen molar-refractivity contribution >= 4 is 51.4 Å². The summed E-state index contributed by atoms with van der Waals surface area (Å²) in [6.07, 6.45) is -1.38. The summed E-state index contributed by atoms with van der Waals surface area (Å²) in [7, 11) is -11.1. The molecule has 0 heterocycles. The van der Waals surface area contributed by atoms with Crippen LogP contribution in [0.3, 0.4) is 0 Å². The SMILES string of the molecule is O=C(CS)NCC(=O)NCC(=O)NCC(=O)NCCCC(O)(P(=O)(O)O)P(=O)(O)O. The highest BCUT2D eigenvalue weighted by Crippen LogP contribution is 2.69. The third kappa shape index (κ3) is 10.00. The number of hydrogen-bond acceptors (Lipinski definition) is 8. The van der Waals surface area contributed by atoms with Crippen LogP contribution in [0.1, 0.15) is 12.8 Å². The molecule has 0 aromatic rings. The molecule has 0 radical (unpaired) electrons. The minimum atomic E-state index is -5.57. The monoisotopic (exact) mass is 494 g/mol. The quantitative estimate of drug-likeness (QED) is 0.0674. The minimum Gasteiger partial charge on any atom is -0.368 e. The van der Waals surface area contributed by atoms with Gasteiger partial charge in [0.05, 0.1) is 25.4 Å². The molecule has 9 N–H and O–H groups in total. The van der Waals surface area contributed by atoms with Gasteiger partial charge in [-0.1, -0.05) is 0 Å². The molecular weight excluding hydrogens is 470 g/mol. The zero-order valence-corrected chi connectivity index (χ0v) is 18.2. The summed E-state index contributed by atoms with van der Waals surface area (Å²) >= 11 is 3.69. The van der Waals surface area contributed by atoms with Gasteiger partial charge in [-0.2, -0.15) is 12.6 Å². The fourth-order valence-electron chi connectivity index (χ4n) is 1.79. The second kappa shape index (κ2) is 12.4. The Labute approximate surface area is 176 Å². The van der Waals surface area contributed by atoms with E-state index < -0.39 is 63.4 Å². The summed E-state index contributed by atoms with van der Waals surface area (Å²) < 4.78 is 22.3. The fourth-order valence-corrected chi connectivity index (χ4v) is 4.16. The largest absolute Gasteiger partial charge is 0.369 e. The van der Waals surface area contributed by atoms with Crippen LogP contribution >= 0.6 is 27.8 Å². The second-order valence-electron chi connectivity index (χ2n) is 5.80. The first-order chi connectivity index (χ1) is 13.6.